The second-order valence-electron chi connectivity index (χ2n) is 6.26. The Hall–Kier alpha value is -2.34. The van der Waals surface area contributed by atoms with Gasteiger partial charge in [0.15, 0.2) is 0 Å². The van der Waals surface area contributed by atoms with Crippen molar-refractivity contribution in [2.45, 2.75) is 35.7 Å². The lowest BCUT2D eigenvalue weighted by molar-refractivity contribution is -0.128. The van der Waals surface area contributed by atoms with Crippen molar-refractivity contribution in [1.29, 1.82) is 0 Å². The number of fused-ring (bicyclic) bond motifs is 1. The fourth-order valence-corrected chi connectivity index (χ4v) is 4.17. The Kier molecular flexibility index (Phi) is 4.81. The number of amides is 1. The highest BCUT2D eigenvalue weighted by Crippen LogP contribution is 2.32. The van der Waals surface area contributed by atoms with E-state index >= 15 is 0 Å². The number of hydrogen-bond acceptors (Lipinski definition) is 4. The van der Waals surface area contributed by atoms with Crippen LogP contribution < -0.4 is 4.74 Å². The molecule has 0 saturated heterocycles. The first-order valence-corrected chi connectivity index (χ1v) is 9.67. The Bertz CT molecular complexity index is 878. The maximum Gasteiger partial charge on any atom is 0.219 e. The second-order valence-corrected chi connectivity index (χ2v) is 8.21. The van der Waals surface area contributed by atoms with Crippen LogP contribution in [0.3, 0.4) is 0 Å². The zero-order valence-corrected chi connectivity index (χ0v) is 15.1. The van der Waals surface area contributed by atoms with Crippen LogP contribution >= 0.6 is 0 Å². The summed E-state index contributed by atoms with van der Waals surface area (Å²) in [5.74, 6) is 0.569. The first kappa shape index (κ1) is 17.5. The molecule has 1 aliphatic rings. The molecule has 0 aliphatic carbocycles. The maximum atomic E-state index is 12.8. The van der Waals surface area contributed by atoms with Crippen molar-refractivity contribution >= 4 is 15.7 Å². The third-order valence-electron chi connectivity index (χ3n) is 4.45. The van der Waals surface area contributed by atoms with Gasteiger partial charge >= 0.3 is 0 Å². The van der Waals surface area contributed by atoms with E-state index < -0.39 is 9.84 Å². The topological polar surface area (TPSA) is 63.7 Å². The van der Waals surface area contributed by atoms with Gasteiger partial charge in [0.25, 0.3) is 0 Å². The normalized spacial score (nSPS) is 16.6. The minimum absolute atomic E-state index is 0.0187. The second kappa shape index (κ2) is 6.88. The molecule has 2 aromatic rings. The molecule has 1 atom stereocenters. The summed E-state index contributed by atoms with van der Waals surface area (Å²) in [5, 5.41) is 0. The van der Waals surface area contributed by atoms with E-state index in [1.54, 1.807) is 54.4 Å². The van der Waals surface area contributed by atoms with Crippen molar-refractivity contribution in [2.24, 2.45) is 0 Å². The first-order chi connectivity index (χ1) is 11.9. The zero-order chi connectivity index (χ0) is 18.0. The number of aryl methyl sites for hydroxylation is 1. The monoisotopic (exact) mass is 359 g/mol. The van der Waals surface area contributed by atoms with Crippen LogP contribution in [0.15, 0.2) is 58.3 Å². The van der Waals surface area contributed by atoms with E-state index in [-0.39, 0.29) is 21.8 Å². The highest BCUT2D eigenvalue weighted by atomic mass is 32.2. The molecule has 25 heavy (non-hydrogen) atoms. The molecule has 0 aromatic heterocycles. The van der Waals surface area contributed by atoms with E-state index in [1.165, 1.54) is 6.92 Å². The molecule has 1 aliphatic heterocycles. The van der Waals surface area contributed by atoms with Crippen LogP contribution in [0.2, 0.25) is 0 Å². The van der Waals surface area contributed by atoms with E-state index in [1.807, 2.05) is 6.07 Å². The average Bonchev–Trinajstić information content (AvgIpc) is 2.61. The Labute approximate surface area is 148 Å². The highest BCUT2D eigenvalue weighted by Gasteiger charge is 2.25. The van der Waals surface area contributed by atoms with Gasteiger partial charge in [0.05, 0.1) is 16.3 Å². The lowest BCUT2D eigenvalue weighted by Crippen LogP contribution is -2.37. The lowest BCUT2D eigenvalue weighted by Gasteiger charge is -2.29. The van der Waals surface area contributed by atoms with Gasteiger partial charge in [0.1, 0.15) is 11.9 Å². The van der Waals surface area contributed by atoms with E-state index in [9.17, 15) is 13.2 Å². The van der Waals surface area contributed by atoms with E-state index in [4.69, 9.17) is 4.74 Å². The maximum absolute atomic E-state index is 12.8. The van der Waals surface area contributed by atoms with Gasteiger partial charge in [-0.3, -0.25) is 4.79 Å². The largest absolute Gasteiger partial charge is 0.488 e. The molecule has 132 valence electrons. The summed E-state index contributed by atoms with van der Waals surface area (Å²) in [6.07, 6.45) is 1.48. The van der Waals surface area contributed by atoms with Crippen molar-refractivity contribution in [3.05, 3.63) is 54.1 Å². The van der Waals surface area contributed by atoms with Crippen molar-refractivity contribution in [2.75, 3.05) is 13.6 Å². The summed E-state index contributed by atoms with van der Waals surface area (Å²) < 4.78 is 31.5. The molecule has 0 saturated carbocycles. The Balaban J connectivity index is 1.86. The van der Waals surface area contributed by atoms with Gasteiger partial charge in [-0.25, -0.2) is 8.42 Å². The summed E-state index contributed by atoms with van der Waals surface area (Å²) in [7, 11) is -1.84. The molecule has 3 rings (SSSR count). The fourth-order valence-electron chi connectivity index (χ4n) is 2.87. The van der Waals surface area contributed by atoms with Crippen LogP contribution in [-0.2, 0) is 21.1 Å². The molecular weight excluding hydrogens is 338 g/mol. The molecule has 1 unspecified atom stereocenters. The predicted molar refractivity (Wildman–Crippen MR) is 94.4 cm³/mol. The minimum Gasteiger partial charge on any atom is -0.488 e. The summed E-state index contributed by atoms with van der Waals surface area (Å²) in [6, 6.07) is 13.4. The number of rotatable bonds is 4. The number of carbonyl (C=O) groups is 1. The third-order valence-corrected chi connectivity index (χ3v) is 6.21. The number of carbonyl (C=O) groups excluding carboxylic acids is 1. The number of likely N-dealkylation sites (N-methyl/N-ethyl adjacent to an activating group) is 1. The van der Waals surface area contributed by atoms with Gasteiger partial charge in [0.2, 0.25) is 15.7 Å². The summed E-state index contributed by atoms with van der Waals surface area (Å²) >= 11 is 0. The molecule has 2 aromatic carbocycles. The van der Waals surface area contributed by atoms with Crippen LogP contribution in [0, 0.1) is 0 Å². The third kappa shape index (κ3) is 3.69. The van der Waals surface area contributed by atoms with Crippen LogP contribution in [0.5, 0.6) is 5.75 Å². The molecule has 0 fully saturated rings. The Morgan fingerprint density at radius 1 is 1.16 bits per heavy atom. The average molecular weight is 359 g/mol. The molecule has 1 amide bonds. The summed E-state index contributed by atoms with van der Waals surface area (Å²) in [5.41, 5.74) is 0.994. The van der Waals surface area contributed by atoms with E-state index in [2.05, 4.69) is 0 Å². The van der Waals surface area contributed by atoms with Gasteiger partial charge < -0.3 is 9.64 Å². The highest BCUT2D eigenvalue weighted by molar-refractivity contribution is 7.91. The lowest BCUT2D eigenvalue weighted by atomic mass is 10.0. The molecule has 5 nitrogen and oxygen atoms in total. The van der Waals surface area contributed by atoms with Crippen LogP contribution in [0.4, 0.5) is 0 Å². The fraction of sp³-hybridized carbons (Fsp3) is 0.316. The van der Waals surface area contributed by atoms with Crippen LogP contribution in [0.1, 0.15) is 18.9 Å². The van der Waals surface area contributed by atoms with Gasteiger partial charge in [-0.1, -0.05) is 24.3 Å². The molecule has 0 spiro atoms. The van der Waals surface area contributed by atoms with Gasteiger partial charge in [0, 0.05) is 14.0 Å². The van der Waals surface area contributed by atoms with Crippen molar-refractivity contribution < 1.29 is 17.9 Å². The first-order valence-electron chi connectivity index (χ1n) is 8.19. The summed E-state index contributed by atoms with van der Waals surface area (Å²) in [6.45, 7) is 2.01. The molecular formula is C19H21NO4S. The van der Waals surface area contributed by atoms with Crippen molar-refractivity contribution in [1.82, 2.24) is 4.90 Å². The van der Waals surface area contributed by atoms with E-state index in [0.29, 0.717) is 12.3 Å². The summed E-state index contributed by atoms with van der Waals surface area (Å²) in [4.78, 5) is 13.5. The molecule has 1 heterocycles. The Morgan fingerprint density at radius 3 is 2.56 bits per heavy atom. The van der Waals surface area contributed by atoms with Gasteiger partial charge in [-0.05, 0) is 42.7 Å². The van der Waals surface area contributed by atoms with Gasteiger partial charge in [-0.2, -0.15) is 0 Å². The number of hydrogen-bond donors (Lipinski definition) is 0. The number of ether oxygens (including phenoxy) is 1. The number of benzene rings is 2. The van der Waals surface area contributed by atoms with Crippen LogP contribution in [-0.4, -0.2) is 38.9 Å². The van der Waals surface area contributed by atoms with Crippen molar-refractivity contribution in [3.63, 3.8) is 0 Å². The molecule has 0 bridgehead atoms. The van der Waals surface area contributed by atoms with Crippen molar-refractivity contribution in [3.8, 4) is 5.75 Å². The Morgan fingerprint density at radius 2 is 1.88 bits per heavy atom. The van der Waals surface area contributed by atoms with Gasteiger partial charge in [-0.15, -0.1) is 0 Å². The SMILES string of the molecule is CC(=O)N(C)CC1CCc2ccc(S(=O)(=O)c3ccccc3)cc2O1. The minimum atomic E-state index is -3.57. The zero-order valence-electron chi connectivity index (χ0n) is 14.3. The standard InChI is InChI=1S/C19H21NO4S/c1-14(21)20(2)13-16-10-8-15-9-11-18(12-19(15)24-16)25(22,23)17-6-4-3-5-7-17/h3-7,9,11-12,16H,8,10,13H2,1-2H3. The van der Waals surface area contributed by atoms with Crippen LogP contribution in [0.25, 0.3) is 0 Å². The number of nitrogens with zero attached hydrogens (tertiary/aromatic N) is 1. The number of sulfone groups is 1. The molecule has 6 heteroatoms. The smallest absolute Gasteiger partial charge is 0.219 e. The van der Waals surface area contributed by atoms with E-state index in [0.717, 1.165) is 18.4 Å². The predicted octanol–water partition coefficient (Wildman–Crippen LogP) is 2.69. The quantitative estimate of drug-likeness (QED) is 0.842. The molecule has 0 radical (unpaired) electrons. The molecule has 0 N–H and O–H groups in total.